The van der Waals surface area contributed by atoms with E-state index >= 15 is 0 Å². The van der Waals surface area contributed by atoms with Crippen LogP contribution in [0.5, 0.6) is 0 Å². The van der Waals surface area contributed by atoms with E-state index in [-0.39, 0.29) is 28.6 Å². The fraction of sp³-hybridized carbons (Fsp3) is 0.323. The van der Waals surface area contributed by atoms with Gasteiger partial charge in [0.15, 0.2) is 0 Å². The number of carbonyl (C=O) groups is 2. The zero-order valence-electron chi connectivity index (χ0n) is 23.3. The Hall–Kier alpha value is -4.92. The first-order valence-corrected chi connectivity index (χ1v) is 13.9. The highest BCUT2D eigenvalue weighted by Crippen LogP contribution is 2.77. The summed E-state index contributed by atoms with van der Waals surface area (Å²) in [4.78, 5) is 41.4. The predicted molar refractivity (Wildman–Crippen MR) is 151 cm³/mol. The molecule has 3 aromatic heterocycles. The Balaban J connectivity index is 1.27. The number of aromatic nitrogens is 4. The summed E-state index contributed by atoms with van der Waals surface area (Å²) in [5.41, 5.74) is 7.42. The molecule has 43 heavy (non-hydrogen) atoms. The third kappa shape index (κ3) is 3.63. The molecule has 1 spiro atoms. The summed E-state index contributed by atoms with van der Waals surface area (Å²) in [5.74, 6) is 5.84. The lowest BCUT2D eigenvalue weighted by Gasteiger charge is -2.34. The van der Waals surface area contributed by atoms with E-state index in [1.165, 1.54) is 0 Å². The van der Waals surface area contributed by atoms with Gasteiger partial charge in [-0.1, -0.05) is 12.0 Å². The number of likely N-dealkylation sites (tertiary alicyclic amines) is 1. The minimum absolute atomic E-state index is 0.200. The highest BCUT2D eigenvalue weighted by molar-refractivity contribution is 6.04. The van der Waals surface area contributed by atoms with E-state index in [1.807, 2.05) is 16.2 Å². The van der Waals surface area contributed by atoms with Crippen LogP contribution in [0.4, 0.5) is 24.8 Å². The molecule has 4 heterocycles. The fourth-order valence-corrected chi connectivity index (χ4v) is 7.43. The number of nitrogen functional groups attached to an aromatic ring is 1. The molecule has 12 heteroatoms. The van der Waals surface area contributed by atoms with E-state index in [1.54, 1.807) is 37.5 Å². The van der Waals surface area contributed by atoms with Gasteiger partial charge < -0.3 is 16.0 Å². The maximum Gasteiger partial charge on any atom is 0.416 e. The molecule has 3 N–H and O–H groups in total. The lowest BCUT2D eigenvalue weighted by molar-refractivity contribution is -0.137. The molecule has 9 nitrogen and oxygen atoms in total. The van der Waals surface area contributed by atoms with Gasteiger partial charge in [0.05, 0.1) is 11.1 Å². The summed E-state index contributed by atoms with van der Waals surface area (Å²) in [7, 11) is 0. The molecule has 218 valence electrons. The first kappa shape index (κ1) is 26.9. The maximum atomic E-state index is 13.2. The number of hydrogen-bond acceptors (Lipinski definition) is 6. The molecular formula is C31H26F3N7O2. The van der Waals surface area contributed by atoms with Gasteiger partial charge in [-0.2, -0.15) is 13.2 Å². The van der Waals surface area contributed by atoms with Crippen LogP contribution in [0.3, 0.4) is 0 Å². The lowest BCUT2D eigenvalue weighted by atomic mass is 9.71. The predicted octanol–water partition coefficient (Wildman–Crippen LogP) is 4.96. The molecule has 7 rings (SSSR count). The second-order valence-electron chi connectivity index (χ2n) is 11.3. The summed E-state index contributed by atoms with van der Waals surface area (Å²) in [6.07, 6.45) is 3.57. The van der Waals surface area contributed by atoms with Crippen LogP contribution in [0.15, 0.2) is 48.9 Å². The standard InChI is InChI=1S/C31H26F3N7O2/c1-3-4-23(42)41-29-10-7-19(29)8-11-30(29,41)28-39-24(25-26(35)37-13-14-40(25)28)21-6-5-18(15-17(21)2)27(43)38-22-16-20(9-12-36-22)31(32,33)34/h5-6,9,12-16,19H,7-8,10-11H2,1-2H3,(H2,35,37)(H,36,38,43). The minimum Gasteiger partial charge on any atom is -0.382 e. The lowest BCUT2D eigenvalue weighted by Crippen LogP contribution is -2.39. The highest BCUT2D eigenvalue weighted by Gasteiger charge is 2.87. The molecular weight excluding hydrogens is 559 g/mol. The van der Waals surface area contributed by atoms with E-state index < -0.39 is 23.2 Å². The molecule has 1 aliphatic heterocycles. The first-order valence-electron chi connectivity index (χ1n) is 13.9. The number of rotatable bonds is 4. The van der Waals surface area contributed by atoms with E-state index in [4.69, 9.17) is 10.7 Å². The van der Waals surface area contributed by atoms with E-state index in [2.05, 4.69) is 27.1 Å². The van der Waals surface area contributed by atoms with Gasteiger partial charge in [0.2, 0.25) is 0 Å². The number of amides is 2. The minimum atomic E-state index is -4.56. The van der Waals surface area contributed by atoms with Crippen LogP contribution in [0.1, 0.15) is 59.9 Å². The molecule has 1 aromatic carbocycles. The molecule has 2 aliphatic carbocycles. The summed E-state index contributed by atoms with van der Waals surface area (Å²) < 4.78 is 41.2. The average Bonchev–Trinajstić information content (AvgIpc) is 3.31. The van der Waals surface area contributed by atoms with E-state index in [9.17, 15) is 22.8 Å². The molecule has 1 saturated heterocycles. The number of nitrogens with zero attached hydrogens (tertiary/aromatic N) is 5. The van der Waals surface area contributed by atoms with Crippen molar-refractivity contribution >= 4 is 29.0 Å². The van der Waals surface area contributed by atoms with Crippen LogP contribution in [0, 0.1) is 24.7 Å². The number of carbonyl (C=O) groups excluding carboxylic acids is 2. The zero-order chi connectivity index (χ0) is 30.3. The van der Waals surface area contributed by atoms with E-state index in [0.717, 1.165) is 49.8 Å². The summed E-state index contributed by atoms with van der Waals surface area (Å²) >= 11 is 0. The van der Waals surface area contributed by atoms with Crippen LogP contribution in [-0.2, 0) is 16.5 Å². The summed E-state index contributed by atoms with van der Waals surface area (Å²) in [5, 5.41) is 2.44. The van der Waals surface area contributed by atoms with Gasteiger partial charge in [0.1, 0.15) is 34.2 Å². The molecule has 0 radical (unpaired) electrons. The number of alkyl halides is 3. The number of fused-ring (bicyclic) bond motifs is 1. The summed E-state index contributed by atoms with van der Waals surface area (Å²) in [6.45, 7) is 3.46. The molecule has 3 aliphatic rings. The Morgan fingerprint density at radius 3 is 2.60 bits per heavy atom. The van der Waals surface area contributed by atoms with Crippen LogP contribution in [-0.4, -0.2) is 41.6 Å². The Kier molecular flexibility index (Phi) is 5.66. The molecule has 3 unspecified atom stereocenters. The third-order valence-corrected chi connectivity index (χ3v) is 9.31. The average molecular weight is 586 g/mol. The fourth-order valence-electron chi connectivity index (χ4n) is 7.43. The van der Waals surface area contributed by atoms with Gasteiger partial charge in [0.25, 0.3) is 11.8 Å². The Morgan fingerprint density at radius 1 is 1.12 bits per heavy atom. The van der Waals surface area contributed by atoms with Crippen molar-refractivity contribution < 1.29 is 22.8 Å². The van der Waals surface area contributed by atoms with Crippen molar-refractivity contribution in [1.29, 1.82) is 0 Å². The number of benzene rings is 1. The third-order valence-electron chi connectivity index (χ3n) is 9.31. The number of pyridine rings is 1. The highest BCUT2D eigenvalue weighted by atomic mass is 19.4. The van der Waals surface area contributed by atoms with Crippen molar-refractivity contribution in [2.45, 2.75) is 56.8 Å². The van der Waals surface area contributed by atoms with Crippen LogP contribution in [0.25, 0.3) is 16.8 Å². The largest absolute Gasteiger partial charge is 0.416 e. The van der Waals surface area contributed by atoms with Crippen LogP contribution >= 0.6 is 0 Å². The first-order chi connectivity index (χ1) is 20.5. The van der Waals surface area contributed by atoms with Crippen molar-refractivity contribution in [2.75, 3.05) is 11.1 Å². The second-order valence-corrected chi connectivity index (χ2v) is 11.3. The normalized spacial score (nSPS) is 23.6. The van der Waals surface area contributed by atoms with Crippen molar-refractivity contribution in [1.82, 2.24) is 24.3 Å². The van der Waals surface area contributed by atoms with Crippen molar-refractivity contribution in [2.24, 2.45) is 5.92 Å². The number of imidazole rings is 1. The van der Waals surface area contributed by atoms with Gasteiger partial charge in [-0.25, -0.2) is 15.0 Å². The van der Waals surface area contributed by atoms with E-state index in [0.29, 0.717) is 28.3 Å². The molecule has 4 aromatic rings. The smallest absolute Gasteiger partial charge is 0.382 e. The van der Waals surface area contributed by atoms with Crippen LogP contribution < -0.4 is 11.1 Å². The van der Waals surface area contributed by atoms with Gasteiger partial charge in [-0.3, -0.25) is 14.0 Å². The van der Waals surface area contributed by atoms with Gasteiger partial charge in [0, 0.05) is 29.7 Å². The van der Waals surface area contributed by atoms with Gasteiger partial charge in [-0.15, -0.1) is 0 Å². The van der Waals surface area contributed by atoms with Crippen molar-refractivity contribution in [3.05, 3.63) is 71.4 Å². The number of anilines is 2. The summed E-state index contributed by atoms with van der Waals surface area (Å²) in [6, 6.07) is 6.56. The molecule has 3 fully saturated rings. The Labute approximate surface area is 244 Å². The van der Waals surface area contributed by atoms with Crippen LogP contribution in [0.2, 0.25) is 0 Å². The maximum absolute atomic E-state index is 13.2. The number of halogens is 3. The van der Waals surface area contributed by atoms with Crippen molar-refractivity contribution in [3.63, 3.8) is 0 Å². The molecule has 0 bridgehead atoms. The molecule has 2 saturated carbocycles. The quantitative estimate of drug-likeness (QED) is 0.258. The molecule has 3 atom stereocenters. The Bertz CT molecular complexity index is 1920. The van der Waals surface area contributed by atoms with Gasteiger partial charge in [-0.05, 0) is 81.2 Å². The topological polar surface area (TPSA) is 118 Å². The number of nitrogens with two attached hydrogens (primary N) is 1. The Morgan fingerprint density at radius 2 is 1.91 bits per heavy atom. The molecule has 2 amide bonds. The number of hydrogen-bond donors (Lipinski definition) is 2. The van der Waals surface area contributed by atoms with Crippen molar-refractivity contribution in [3.8, 4) is 23.1 Å². The van der Waals surface area contributed by atoms with Gasteiger partial charge >= 0.3 is 6.18 Å². The number of piperidine rings is 1. The SMILES string of the molecule is CC#CC(=O)N1C2(c3nc(-c4ccc(C(=O)Nc5cc(C(F)(F)F)ccn5)cc4C)c4c(N)nccn34)CCC3CCC312. The monoisotopic (exact) mass is 585 g/mol. The number of aryl methyl sites for hydroxylation is 1. The number of nitrogens with one attached hydrogen (secondary N) is 1. The second kappa shape index (κ2) is 9.04. The zero-order valence-corrected chi connectivity index (χ0v) is 23.3.